The van der Waals surface area contributed by atoms with Crippen LogP contribution < -0.4 is 10.2 Å². The third-order valence-electron chi connectivity index (χ3n) is 7.40. The predicted molar refractivity (Wildman–Crippen MR) is 133 cm³/mol. The highest BCUT2D eigenvalue weighted by molar-refractivity contribution is 5.71. The van der Waals surface area contributed by atoms with E-state index in [0.29, 0.717) is 37.4 Å². The van der Waals surface area contributed by atoms with E-state index in [9.17, 15) is 23.1 Å². The molecule has 2 heterocycles. The van der Waals surface area contributed by atoms with Crippen LogP contribution in [0.1, 0.15) is 44.6 Å². The maximum absolute atomic E-state index is 14.0. The predicted octanol–water partition coefficient (Wildman–Crippen LogP) is 6.32. The van der Waals surface area contributed by atoms with Crippen LogP contribution in [0.3, 0.4) is 0 Å². The maximum Gasteiger partial charge on any atom is 0.418 e. The molecule has 3 aromatic rings. The van der Waals surface area contributed by atoms with Crippen molar-refractivity contribution < 1.29 is 27.6 Å². The minimum absolute atomic E-state index is 0.0900. The van der Waals surface area contributed by atoms with E-state index >= 15 is 0 Å². The molecule has 2 aromatic carbocycles. The van der Waals surface area contributed by atoms with Gasteiger partial charge in [0.1, 0.15) is 0 Å². The number of rotatable bonds is 6. The summed E-state index contributed by atoms with van der Waals surface area (Å²) in [6, 6.07) is 11.5. The molecular formula is C27H29F3N4O3. The second kappa shape index (κ2) is 10.1. The van der Waals surface area contributed by atoms with Crippen molar-refractivity contribution in [3.8, 4) is 22.8 Å². The van der Waals surface area contributed by atoms with Crippen LogP contribution in [0, 0.1) is 11.8 Å². The Labute approximate surface area is 212 Å². The fourth-order valence-corrected chi connectivity index (χ4v) is 5.17. The van der Waals surface area contributed by atoms with Gasteiger partial charge >= 0.3 is 12.1 Å². The van der Waals surface area contributed by atoms with Crippen molar-refractivity contribution in [3.63, 3.8) is 0 Å². The molecule has 37 heavy (non-hydrogen) atoms. The summed E-state index contributed by atoms with van der Waals surface area (Å²) in [6.07, 6.45) is -0.741. The first-order valence-electron chi connectivity index (χ1n) is 12.6. The van der Waals surface area contributed by atoms with Gasteiger partial charge in [0, 0.05) is 41.6 Å². The number of nitrogens with one attached hydrogen (secondary N) is 1. The zero-order valence-corrected chi connectivity index (χ0v) is 20.5. The van der Waals surface area contributed by atoms with E-state index in [1.165, 1.54) is 6.07 Å². The van der Waals surface area contributed by atoms with E-state index in [-0.39, 0.29) is 34.9 Å². The molecule has 10 heteroatoms. The molecule has 2 N–H and O–H groups in total. The molecule has 1 saturated carbocycles. The molecule has 2 aliphatic rings. The molecule has 1 aliphatic carbocycles. The van der Waals surface area contributed by atoms with Crippen molar-refractivity contribution >= 4 is 17.3 Å². The van der Waals surface area contributed by atoms with Gasteiger partial charge in [0.15, 0.2) is 0 Å². The van der Waals surface area contributed by atoms with E-state index in [1.54, 1.807) is 23.1 Å². The second-order valence-corrected chi connectivity index (χ2v) is 10.1. The Balaban J connectivity index is 1.32. The van der Waals surface area contributed by atoms with Crippen LogP contribution in [0.5, 0.6) is 0 Å². The van der Waals surface area contributed by atoms with Crippen molar-refractivity contribution in [2.24, 2.45) is 11.8 Å². The fraction of sp³-hybridized carbons (Fsp3) is 0.444. The first-order chi connectivity index (χ1) is 17.7. The number of hydrogen-bond acceptors (Lipinski definition) is 6. The molecule has 1 aromatic heterocycles. The second-order valence-electron chi connectivity index (χ2n) is 10.1. The normalized spacial score (nSPS) is 20.8. The largest absolute Gasteiger partial charge is 0.481 e. The number of piperidine rings is 1. The van der Waals surface area contributed by atoms with E-state index < -0.39 is 17.7 Å². The Morgan fingerprint density at radius 3 is 2.41 bits per heavy atom. The number of aliphatic carboxylic acids is 1. The van der Waals surface area contributed by atoms with Gasteiger partial charge in [0.05, 0.1) is 11.5 Å². The van der Waals surface area contributed by atoms with E-state index in [4.69, 9.17) is 4.52 Å². The van der Waals surface area contributed by atoms with Gasteiger partial charge in [-0.15, -0.1) is 0 Å². The lowest BCUT2D eigenvalue weighted by molar-refractivity contribution is -0.141. The molecule has 2 atom stereocenters. The van der Waals surface area contributed by atoms with Crippen molar-refractivity contribution in [1.82, 2.24) is 10.1 Å². The lowest BCUT2D eigenvalue weighted by Gasteiger charge is -2.33. The summed E-state index contributed by atoms with van der Waals surface area (Å²) < 4.78 is 47.3. The number of nitrogens with zero attached hydrogens (tertiary/aromatic N) is 3. The summed E-state index contributed by atoms with van der Waals surface area (Å²) in [4.78, 5) is 17.3. The Kier molecular flexibility index (Phi) is 6.83. The standard InChI is InChI=1S/C27H29F3N4O3/c1-16-10-12-34(13-11-16)23-9-5-18(15-22(23)27(28,29)30)24-32-25(37-33-24)17-2-6-20(7-3-17)31-21-8-4-19(14-21)26(35)36/h2-3,5-7,9,15-16,19,21,31H,4,8,10-14H2,1H3,(H,35,36). The van der Waals surface area contributed by atoms with E-state index in [1.807, 2.05) is 12.1 Å². The highest BCUT2D eigenvalue weighted by atomic mass is 19.4. The smallest absolute Gasteiger partial charge is 0.418 e. The number of benzene rings is 2. The van der Waals surface area contributed by atoms with Gasteiger partial charge in [-0.05, 0) is 80.5 Å². The molecule has 5 rings (SSSR count). The molecule has 0 radical (unpaired) electrons. The number of alkyl halides is 3. The summed E-state index contributed by atoms with van der Waals surface area (Å²) in [5.41, 5.74) is 1.21. The maximum atomic E-state index is 14.0. The summed E-state index contributed by atoms with van der Waals surface area (Å²) in [7, 11) is 0. The van der Waals surface area contributed by atoms with Crippen LogP contribution >= 0.6 is 0 Å². The molecule has 0 amide bonds. The van der Waals surface area contributed by atoms with Crippen LogP contribution in [0.25, 0.3) is 22.8 Å². The lowest BCUT2D eigenvalue weighted by atomic mass is 9.97. The molecule has 0 spiro atoms. The molecule has 1 saturated heterocycles. The number of aromatic nitrogens is 2. The van der Waals surface area contributed by atoms with E-state index in [0.717, 1.165) is 31.0 Å². The topological polar surface area (TPSA) is 91.5 Å². The molecule has 196 valence electrons. The zero-order valence-electron chi connectivity index (χ0n) is 20.5. The number of anilines is 2. The molecule has 0 bridgehead atoms. The summed E-state index contributed by atoms with van der Waals surface area (Å²) in [5, 5.41) is 16.5. The third-order valence-corrected chi connectivity index (χ3v) is 7.40. The van der Waals surface area contributed by atoms with E-state index in [2.05, 4.69) is 22.4 Å². The number of carboxylic acid groups (broad SMARTS) is 1. The zero-order chi connectivity index (χ0) is 26.2. The SMILES string of the molecule is CC1CCN(c2ccc(-c3noc(-c4ccc(NC5CCC(C(=O)O)C5)cc4)n3)cc2C(F)(F)F)CC1. The van der Waals surface area contributed by atoms with Gasteiger partial charge < -0.3 is 19.8 Å². The van der Waals surface area contributed by atoms with Crippen LogP contribution in [-0.4, -0.2) is 40.3 Å². The Hall–Kier alpha value is -3.56. The molecular weight excluding hydrogens is 485 g/mol. The van der Waals surface area contributed by atoms with Gasteiger partial charge in [0.2, 0.25) is 5.82 Å². The number of carboxylic acids is 1. The van der Waals surface area contributed by atoms with Crippen molar-refractivity contribution in [2.45, 2.75) is 51.2 Å². The van der Waals surface area contributed by atoms with Crippen LogP contribution in [0.15, 0.2) is 47.0 Å². The average molecular weight is 515 g/mol. The highest BCUT2D eigenvalue weighted by Crippen LogP contribution is 2.40. The van der Waals surface area contributed by atoms with Crippen molar-refractivity contribution in [1.29, 1.82) is 0 Å². The van der Waals surface area contributed by atoms with Crippen molar-refractivity contribution in [3.05, 3.63) is 48.0 Å². The molecule has 1 aliphatic heterocycles. The van der Waals surface area contributed by atoms with Gasteiger partial charge in [0.25, 0.3) is 5.89 Å². The lowest BCUT2D eigenvalue weighted by Crippen LogP contribution is -2.34. The Morgan fingerprint density at radius 1 is 1.05 bits per heavy atom. The van der Waals surface area contributed by atoms with Crippen LogP contribution in [0.4, 0.5) is 24.5 Å². The van der Waals surface area contributed by atoms with Crippen molar-refractivity contribution in [2.75, 3.05) is 23.3 Å². The fourth-order valence-electron chi connectivity index (χ4n) is 5.17. The highest BCUT2D eigenvalue weighted by Gasteiger charge is 2.36. The first-order valence-corrected chi connectivity index (χ1v) is 12.6. The number of carbonyl (C=O) groups is 1. The first kappa shape index (κ1) is 25.1. The van der Waals surface area contributed by atoms with Gasteiger partial charge in [-0.25, -0.2) is 0 Å². The monoisotopic (exact) mass is 514 g/mol. The summed E-state index contributed by atoms with van der Waals surface area (Å²) >= 11 is 0. The summed E-state index contributed by atoms with van der Waals surface area (Å²) in [6.45, 7) is 3.32. The molecule has 2 fully saturated rings. The minimum atomic E-state index is -4.51. The molecule has 2 unspecified atom stereocenters. The van der Waals surface area contributed by atoms with Gasteiger partial charge in [-0.2, -0.15) is 18.2 Å². The summed E-state index contributed by atoms with van der Waals surface area (Å²) in [5.74, 6) is -0.267. The third kappa shape index (κ3) is 5.57. The molecule has 7 nitrogen and oxygen atoms in total. The average Bonchev–Trinajstić information content (AvgIpc) is 3.55. The Bertz CT molecular complexity index is 1250. The quantitative estimate of drug-likeness (QED) is 0.398. The van der Waals surface area contributed by atoms with Crippen LogP contribution in [0.2, 0.25) is 0 Å². The number of hydrogen-bond donors (Lipinski definition) is 2. The van der Waals surface area contributed by atoms with Gasteiger partial charge in [-0.1, -0.05) is 12.1 Å². The number of halogens is 3. The van der Waals surface area contributed by atoms with Crippen LogP contribution in [-0.2, 0) is 11.0 Å². The minimum Gasteiger partial charge on any atom is -0.481 e. The van der Waals surface area contributed by atoms with Gasteiger partial charge in [-0.3, -0.25) is 4.79 Å². The Morgan fingerprint density at radius 2 is 1.76 bits per heavy atom.